The highest BCUT2D eigenvalue weighted by Gasteiger charge is 2.20. The summed E-state index contributed by atoms with van der Waals surface area (Å²) in [6.07, 6.45) is 3.55. The van der Waals surface area contributed by atoms with Gasteiger partial charge in [0.05, 0.1) is 11.5 Å². The molecule has 0 spiro atoms. The molecule has 0 N–H and O–H groups in total. The normalized spacial score (nSPS) is 15.6. The van der Waals surface area contributed by atoms with E-state index >= 15 is 0 Å². The van der Waals surface area contributed by atoms with Crippen molar-refractivity contribution >= 4 is 9.84 Å². The van der Waals surface area contributed by atoms with E-state index in [9.17, 15) is 8.42 Å². The molecule has 1 saturated heterocycles. The Morgan fingerprint density at radius 3 is 1.97 bits per heavy atom. The molecule has 1 aliphatic rings. The number of piperidine rings is 1. The van der Waals surface area contributed by atoms with Gasteiger partial charge in [0.1, 0.15) is 5.75 Å². The van der Waals surface area contributed by atoms with Crippen molar-refractivity contribution in [3.63, 3.8) is 0 Å². The number of sulfone groups is 1. The Morgan fingerprint density at radius 2 is 1.41 bits per heavy atom. The van der Waals surface area contributed by atoms with Gasteiger partial charge in [0.25, 0.3) is 0 Å². The number of hydrogen-bond acceptors (Lipinski definition) is 4. The molecule has 0 bridgehead atoms. The van der Waals surface area contributed by atoms with Crippen LogP contribution < -0.4 is 4.74 Å². The second-order valence-electron chi connectivity index (χ2n) is 8.84. The molecule has 168 valence electrons. The molecule has 0 aliphatic carbocycles. The highest BCUT2D eigenvalue weighted by molar-refractivity contribution is 7.90. The minimum Gasteiger partial charge on any atom is -0.493 e. The molecule has 0 unspecified atom stereocenters. The van der Waals surface area contributed by atoms with Gasteiger partial charge in [-0.3, -0.25) is 4.90 Å². The average Bonchev–Trinajstić information content (AvgIpc) is 2.80. The third-order valence-electron chi connectivity index (χ3n) is 6.19. The second kappa shape index (κ2) is 9.88. The summed E-state index contributed by atoms with van der Waals surface area (Å²) in [6.45, 7) is 6.14. The summed E-state index contributed by atoms with van der Waals surface area (Å²) >= 11 is 0. The smallest absolute Gasteiger partial charge is 0.175 e. The van der Waals surface area contributed by atoms with Crippen LogP contribution in [0.5, 0.6) is 5.75 Å². The van der Waals surface area contributed by atoms with Gasteiger partial charge in [0.2, 0.25) is 0 Å². The summed E-state index contributed by atoms with van der Waals surface area (Å²) < 4.78 is 29.3. The molecule has 0 aromatic heterocycles. The lowest BCUT2D eigenvalue weighted by atomic mass is 9.97. The maximum atomic E-state index is 11.6. The number of benzene rings is 3. The van der Waals surface area contributed by atoms with Gasteiger partial charge in [-0.2, -0.15) is 0 Å². The Hall–Kier alpha value is -2.63. The second-order valence-corrected chi connectivity index (χ2v) is 10.9. The molecule has 0 amide bonds. The SMILES string of the molecule is Cc1ccc(CN2CCC(COc3ccc(-c4ccc(S(C)(=O)=O)cc4)cc3)CC2)cc1. The van der Waals surface area contributed by atoms with Gasteiger partial charge < -0.3 is 4.74 Å². The molecule has 1 aliphatic heterocycles. The third kappa shape index (κ3) is 5.99. The van der Waals surface area contributed by atoms with Crippen LogP contribution in [0.15, 0.2) is 77.7 Å². The minimum atomic E-state index is -3.17. The number of hydrogen-bond donors (Lipinski definition) is 0. The van der Waals surface area contributed by atoms with Gasteiger partial charge >= 0.3 is 0 Å². The van der Waals surface area contributed by atoms with Crippen molar-refractivity contribution in [3.8, 4) is 16.9 Å². The van der Waals surface area contributed by atoms with Crippen molar-refractivity contribution in [2.45, 2.75) is 31.2 Å². The van der Waals surface area contributed by atoms with E-state index < -0.39 is 9.84 Å². The van der Waals surface area contributed by atoms with E-state index in [1.54, 1.807) is 12.1 Å². The van der Waals surface area contributed by atoms with Gasteiger partial charge in [-0.15, -0.1) is 0 Å². The number of rotatable bonds is 7. The lowest BCUT2D eigenvalue weighted by molar-refractivity contribution is 0.137. The lowest BCUT2D eigenvalue weighted by Gasteiger charge is -2.31. The van der Waals surface area contributed by atoms with Crippen molar-refractivity contribution < 1.29 is 13.2 Å². The Morgan fingerprint density at radius 1 is 0.844 bits per heavy atom. The minimum absolute atomic E-state index is 0.339. The summed E-state index contributed by atoms with van der Waals surface area (Å²) in [5, 5.41) is 0. The first-order valence-corrected chi connectivity index (χ1v) is 13.1. The number of aryl methyl sites for hydroxylation is 1. The maximum Gasteiger partial charge on any atom is 0.175 e. The Bertz CT molecular complexity index is 1110. The fraction of sp³-hybridized carbons (Fsp3) is 0.333. The van der Waals surface area contributed by atoms with E-state index in [2.05, 4.69) is 36.1 Å². The van der Waals surface area contributed by atoms with E-state index in [4.69, 9.17) is 4.74 Å². The third-order valence-corrected chi connectivity index (χ3v) is 7.32. The van der Waals surface area contributed by atoms with Crippen LogP contribution in [0.2, 0.25) is 0 Å². The summed E-state index contributed by atoms with van der Waals surface area (Å²) in [7, 11) is -3.17. The summed E-state index contributed by atoms with van der Waals surface area (Å²) in [5.74, 6) is 1.47. The van der Waals surface area contributed by atoms with Gasteiger partial charge in [-0.25, -0.2) is 8.42 Å². The highest BCUT2D eigenvalue weighted by atomic mass is 32.2. The van der Waals surface area contributed by atoms with E-state index in [0.29, 0.717) is 10.8 Å². The number of nitrogens with zero attached hydrogens (tertiary/aromatic N) is 1. The first-order chi connectivity index (χ1) is 15.4. The molecule has 3 aromatic carbocycles. The maximum absolute atomic E-state index is 11.6. The molecule has 1 heterocycles. The highest BCUT2D eigenvalue weighted by Crippen LogP contribution is 2.25. The molecule has 4 rings (SSSR count). The summed E-state index contributed by atoms with van der Waals surface area (Å²) in [4.78, 5) is 2.87. The van der Waals surface area contributed by atoms with E-state index in [-0.39, 0.29) is 0 Å². The van der Waals surface area contributed by atoms with Crippen molar-refractivity contribution in [1.82, 2.24) is 4.90 Å². The lowest BCUT2D eigenvalue weighted by Crippen LogP contribution is -2.35. The monoisotopic (exact) mass is 449 g/mol. The molecule has 0 atom stereocenters. The molecule has 4 nitrogen and oxygen atoms in total. The molecule has 3 aromatic rings. The fourth-order valence-electron chi connectivity index (χ4n) is 4.12. The average molecular weight is 450 g/mol. The summed E-state index contributed by atoms with van der Waals surface area (Å²) in [5.41, 5.74) is 4.73. The molecule has 5 heteroatoms. The largest absolute Gasteiger partial charge is 0.493 e. The zero-order valence-electron chi connectivity index (χ0n) is 18.8. The topological polar surface area (TPSA) is 46.6 Å². The fourth-order valence-corrected chi connectivity index (χ4v) is 4.75. The van der Waals surface area contributed by atoms with Crippen molar-refractivity contribution in [2.24, 2.45) is 5.92 Å². The van der Waals surface area contributed by atoms with Gasteiger partial charge in [-0.1, -0.05) is 54.1 Å². The van der Waals surface area contributed by atoms with Crippen LogP contribution in [-0.4, -0.2) is 39.3 Å². The van der Waals surface area contributed by atoms with Gasteiger partial charge in [-0.05, 0) is 79.7 Å². The van der Waals surface area contributed by atoms with E-state index in [1.165, 1.54) is 17.4 Å². The van der Waals surface area contributed by atoms with Crippen LogP contribution >= 0.6 is 0 Å². The molecule has 0 radical (unpaired) electrons. The predicted molar refractivity (Wildman–Crippen MR) is 130 cm³/mol. The number of ether oxygens (including phenoxy) is 1. The van der Waals surface area contributed by atoms with Crippen LogP contribution in [0.25, 0.3) is 11.1 Å². The molecule has 32 heavy (non-hydrogen) atoms. The van der Waals surface area contributed by atoms with Crippen LogP contribution in [0.3, 0.4) is 0 Å². The molecular formula is C27H31NO3S. The van der Waals surface area contributed by atoms with Gasteiger partial charge in [0.15, 0.2) is 9.84 Å². The van der Waals surface area contributed by atoms with Crippen molar-refractivity contribution in [3.05, 3.63) is 83.9 Å². The Labute approximate surface area is 191 Å². The quantitative estimate of drug-likeness (QED) is 0.487. The molecule has 0 saturated carbocycles. The predicted octanol–water partition coefficient (Wildman–Crippen LogP) is 5.36. The van der Waals surface area contributed by atoms with E-state index in [1.807, 2.05) is 36.4 Å². The Kier molecular flexibility index (Phi) is 6.97. The van der Waals surface area contributed by atoms with Crippen LogP contribution in [-0.2, 0) is 16.4 Å². The first kappa shape index (κ1) is 22.6. The zero-order valence-corrected chi connectivity index (χ0v) is 19.6. The van der Waals surface area contributed by atoms with Crippen molar-refractivity contribution in [2.75, 3.05) is 26.0 Å². The standard InChI is InChI=1S/C27H31NO3S/c1-21-3-5-22(6-4-21)19-28-17-15-23(16-18-28)20-31-26-11-7-24(8-12-26)25-9-13-27(14-10-25)32(2,29)30/h3-14,23H,15-20H2,1-2H3. The Balaban J connectivity index is 1.25. The van der Waals surface area contributed by atoms with Gasteiger partial charge in [0, 0.05) is 12.8 Å². The first-order valence-electron chi connectivity index (χ1n) is 11.2. The van der Waals surface area contributed by atoms with Crippen LogP contribution in [0.1, 0.15) is 24.0 Å². The van der Waals surface area contributed by atoms with Crippen molar-refractivity contribution in [1.29, 1.82) is 0 Å². The molecular weight excluding hydrogens is 418 g/mol. The molecule has 1 fully saturated rings. The van der Waals surface area contributed by atoms with Crippen LogP contribution in [0, 0.1) is 12.8 Å². The number of likely N-dealkylation sites (tertiary alicyclic amines) is 1. The summed E-state index contributed by atoms with van der Waals surface area (Å²) in [6, 6.07) is 23.9. The van der Waals surface area contributed by atoms with E-state index in [0.717, 1.165) is 56.0 Å². The van der Waals surface area contributed by atoms with Crippen LogP contribution in [0.4, 0.5) is 0 Å². The zero-order chi connectivity index (χ0) is 22.6.